The first-order valence-corrected chi connectivity index (χ1v) is 12.4. The monoisotopic (exact) mass is 530 g/mol. The van der Waals surface area contributed by atoms with Gasteiger partial charge in [0.05, 0.1) is 39.8 Å². The molecule has 2 heterocycles. The van der Waals surface area contributed by atoms with Gasteiger partial charge in [0.25, 0.3) is 0 Å². The fraction of sp³-hybridized carbons (Fsp3) is 0.207. The van der Waals surface area contributed by atoms with Crippen molar-refractivity contribution in [2.75, 3.05) is 20.8 Å². The van der Waals surface area contributed by atoms with E-state index in [0.717, 1.165) is 28.2 Å². The first-order chi connectivity index (χ1) is 18.5. The second-order valence-corrected chi connectivity index (χ2v) is 9.06. The largest absolute Gasteiger partial charge is 0.497 e. The summed E-state index contributed by atoms with van der Waals surface area (Å²) in [4.78, 5) is 12.5. The third kappa shape index (κ3) is 4.93. The van der Waals surface area contributed by atoms with Crippen LogP contribution in [0.5, 0.6) is 11.5 Å². The summed E-state index contributed by atoms with van der Waals surface area (Å²) in [5.74, 6) is 1.47. The summed E-state index contributed by atoms with van der Waals surface area (Å²) in [6.45, 7) is 0.228. The van der Waals surface area contributed by atoms with Crippen LogP contribution in [0.25, 0.3) is 11.2 Å². The molecule has 0 saturated heterocycles. The van der Waals surface area contributed by atoms with Gasteiger partial charge >= 0.3 is 0 Å². The molecule has 0 fully saturated rings. The minimum atomic E-state index is -1.02. The number of methoxy groups -OCH3 is 2. The van der Waals surface area contributed by atoms with E-state index in [1.54, 1.807) is 25.1 Å². The summed E-state index contributed by atoms with van der Waals surface area (Å²) in [5.41, 5.74) is 2.68. The number of fused-ring (bicyclic) bond motifs is 1. The Morgan fingerprint density at radius 1 is 0.816 bits per heavy atom. The lowest BCUT2D eigenvalue weighted by Gasteiger charge is -2.36. The van der Waals surface area contributed by atoms with Gasteiger partial charge in [-0.25, -0.2) is 15.0 Å². The molecule has 3 aromatic carbocycles. The lowest BCUT2D eigenvalue weighted by atomic mass is 9.80. The Labute approximate surface area is 225 Å². The van der Waals surface area contributed by atoms with E-state index in [9.17, 15) is 5.11 Å². The number of hydrogen-bond acceptors (Lipinski definition) is 7. The van der Waals surface area contributed by atoms with Crippen molar-refractivity contribution in [1.82, 2.24) is 19.5 Å². The molecule has 5 aromatic rings. The Hall–Kier alpha value is -3.98. The van der Waals surface area contributed by atoms with Gasteiger partial charge in [-0.2, -0.15) is 0 Å². The van der Waals surface area contributed by atoms with Crippen LogP contribution >= 0.6 is 11.6 Å². The fourth-order valence-corrected chi connectivity index (χ4v) is 4.74. The zero-order valence-corrected chi connectivity index (χ0v) is 21.7. The van der Waals surface area contributed by atoms with Crippen molar-refractivity contribution >= 4 is 22.8 Å². The van der Waals surface area contributed by atoms with Gasteiger partial charge in [-0.15, -0.1) is 0 Å². The minimum Gasteiger partial charge on any atom is -0.497 e. The molecule has 5 rings (SSSR count). The van der Waals surface area contributed by atoms with Gasteiger partial charge in [0, 0.05) is 0 Å². The van der Waals surface area contributed by atoms with E-state index in [2.05, 4.69) is 15.0 Å². The van der Waals surface area contributed by atoms with Crippen molar-refractivity contribution in [2.24, 2.45) is 0 Å². The first kappa shape index (κ1) is 25.7. The molecule has 38 heavy (non-hydrogen) atoms. The van der Waals surface area contributed by atoms with Gasteiger partial charge in [-0.3, -0.25) is 0 Å². The number of rotatable bonds is 10. The smallest absolute Gasteiger partial charge is 0.164 e. The fourth-order valence-electron chi connectivity index (χ4n) is 4.56. The lowest BCUT2D eigenvalue weighted by Crippen LogP contribution is -2.36. The molecule has 0 aliphatic heterocycles. The molecule has 0 amide bonds. The van der Waals surface area contributed by atoms with E-state index >= 15 is 0 Å². The van der Waals surface area contributed by atoms with Crippen LogP contribution in [0, 0.1) is 0 Å². The van der Waals surface area contributed by atoms with Crippen LogP contribution in [-0.2, 0) is 16.9 Å². The normalized spacial score (nSPS) is 12.4. The van der Waals surface area contributed by atoms with E-state index in [1.807, 2.05) is 78.9 Å². The Morgan fingerprint density at radius 3 is 1.97 bits per heavy atom. The third-order valence-corrected chi connectivity index (χ3v) is 6.71. The van der Waals surface area contributed by atoms with Gasteiger partial charge in [-0.05, 0) is 41.0 Å². The van der Waals surface area contributed by atoms with Crippen LogP contribution in [-0.4, -0.2) is 51.6 Å². The molecule has 0 aliphatic rings. The van der Waals surface area contributed by atoms with Gasteiger partial charge in [0.2, 0.25) is 0 Å². The minimum absolute atomic E-state index is 0.0193. The van der Waals surface area contributed by atoms with E-state index in [0.29, 0.717) is 11.2 Å². The Bertz CT molecular complexity index is 1440. The maximum absolute atomic E-state index is 11.1. The van der Waals surface area contributed by atoms with Gasteiger partial charge < -0.3 is 23.9 Å². The summed E-state index contributed by atoms with van der Waals surface area (Å²) >= 11 is 6.14. The second kappa shape index (κ2) is 11.2. The van der Waals surface area contributed by atoms with E-state index in [4.69, 9.17) is 25.8 Å². The molecule has 194 valence electrons. The highest BCUT2D eigenvalue weighted by Gasteiger charge is 2.38. The molecule has 2 aromatic heterocycles. The standard InChI is InChI=1S/C29H27ClN4O4/c1-36-24-12-8-21(9-13-24)29(20-6-4-3-5-7-20,22-10-14-25(37-2)15-11-22)38-17-23(35)16-34-19-33-26-27(30)31-18-32-28(26)34/h3-15,18-19,23,35H,16-17H2,1-2H3/t23-/m0/s1. The van der Waals surface area contributed by atoms with E-state index in [-0.39, 0.29) is 18.3 Å². The van der Waals surface area contributed by atoms with Gasteiger partial charge in [-0.1, -0.05) is 66.2 Å². The average Bonchev–Trinajstić information content (AvgIpc) is 3.38. The van der Waals surface area contributed by atoms with Crippen LogP contribution in [0.3, 0.4) is 0 Å². The number of benzene rings is 3. The Morgan fingerprint density at radius 2 is 1.39 bits per heavy atom. The molecule has 0 spiro atoms. The number of aliphatic hydroxyl groups excluding tert-OH is 1. The molecular weight excluding hydrogens is 504 g/mol. The van der Waals surface area contributed by atoms with E-state index < -0.39 is 11.7 Å². The molecule has 0 unspecified atom stereocenters. The number of aliphatic hydroxyl groups is 1. The summed E-state index contributed by atoms with van der Waals surface area (Å²) < 4.78 is 19.3. The van der Waals surface area contributed by atoms with Crippen molar-refractivity contribution in [3.8, 4) is 11.5 Å². The predicted octanol–water partition coefficient (Wildman–Crippen LogP) is 4.87. The lowest BCUT2D eigenvalue weighted by molar-refractivity contribution is -0.0421. The van der Waals surface area contributed by atoms with Gasteiger partial charge in [0.15, 0.2) is 10.8 Å². The summed E-state index contributed by atoms with van der Waals surface area (Å²) in [6, 6.07) is 25.4. The molecular formula is C29H27ClN4O4. The average molecular weight is 531 g/mol. The quantitative estimate of drug-likeness (QED) is 0.203. The highest BCUT2D eigenvalue weighted by Crippen LogP contribution is 2.41. The zero-order chi connectivity index (χ0) is 26.5. The first-order valence-electron chi connectivity index (χ1n) is 12.0. The highest BCUT2D eigenvalue weighted by molar-refractivity contribution is 6.33. The van der Waals surface area contributed by atoms with Crippen LogP contribution in [0.4, 0.5) is 0 Å². The van der Waals surface area contributed by atoms with E-state index in [1.165, 1.54) is 6.33 Å². The molecule has 1 atom stereocenters. The molecule has 0 saturated carbocycles. The Balaban J connectivity index is 1.54. The highest BCUT2D eigenvalue weighted by atomic mass is 35.5. The molecule has 9 heteroatoms. The summed E-state index contributed by atoms with van der Waals surface area (Å²) in [7, 11) is 3.27. The molecule has 8 nitrogen and oxygen atoms in total. The zero-order valence-electron chi connectivity index (χ0n) is 21.0. The predicted molar refractivity (Wildman–Crippen MR) is 145 cm³/mol. The van der Waals surface area contributed by atoms with Crippen molar-refractivity contribution in [2.45, 2.75) is 18.2 Å². The molecule has 0 radical (unpaired) electrons. The van der Waals surface area contributed by atoms with Crippen molar-refractivity contribution in [3.05, 3.63) is 113 Å². The topological polar surface area (TPSA) is 91.5 Å². The molecule has 1 N–H and O–H groups in total. The molecule has 0 bridgehead atoms. The van der Waals surface area contributed by atoms with Crippen molar-refractivity contribution < 1.29 is 19.3 Å². The number of nitrogens with zero attached hydrogens (tertiary/aromatic N) is 4. The van der Waals surface area contributed by atoms with Crippen LogP contribution in [0.15, 0.2) is 91.5 Å². The number of hydrogen-bond donors (Lipinski definition) is 1. The number of aromatic nitrogens is 4. The third-order valence-electron chi connectivity index (χ3n) is 6.43. The van der Waals surface area contributed by atoms with Crippen LogP contribution < -0.4 is 9.47 Å². The van der Waals surface area contributed by atoms with Crippen LogP contribution in [0.1, 0.15) is 16.7 Å². The van der Waals surface area contributed by atoms with Crippen LogP contribution in [0.2, 0.25) is 5.15 Å². The summed E-state index contributed by atoms with van der Waals surface area (Å²) in [6.07, 6.45) is 2.09. The number of imidazole rings is 1. The summed E-state index contributed by atoms with van der Waals surface area (Å²) in [5, 5.41) is 11.4. The number of halogens is 1. The number of ether oxygens (including phenoxy) is 3. The van der Waals surface area contributed by atoms with Crippen molar-refractivity contribution in [3.63, 3.8) is 0 Å². The maximum atomic E-state index is 11.1. The molecule has 0 aliphatic carbocycles. The maximum Gasteiger partial charge on any atom is 0.164 e. The Kier molecular flexibility index (Phi) is 7.55. The van der Waals surface area contributed by atoms with Crippen molar-refractivity contribution in [1.29, 1.82) is 0 Å². The second-order valence-electron chi connectivity index (χ2n) is 8.70. The van der Waals surface area contributed by atoms with Gasteiger partial charge in [0.1, 0.15) is 28.9 Å². The SMILES string of the molecule is COc1ccc(C(OC[C@@H](O)Cn2cnc3c(Cl)ncnc32)(c2ccccc2)c2ccc(OC)cc2)cc1.